The van der Waals surface area contributed by atoms with Crippen molar-refractivity contribution in [2.75, 3.05) is 0 Å². The molecule has 0 radical (unpaired) electrons. The van der Waals surface area contributed by atoms with E-state index in [0.29, 0.717) is 22.8 Å². The van der Waals surface area contributed by atoms with E-state index < -0.39 is 0 Å². The lowest BCUT2D eigenvalue weighted by molar-refractivity contribution is 0.791. The van der Waals surface area contributed by atoms with Crippen molar-refractivity contribution in [1.82, 2.24) is 24.7 Å². The van der Waals surface area contributed by atoms with Crippen molar-refractivity contribution in [2.45, 2.75) is 10.9 Å². The first-order valence-electron chi connectivity index (χ1n) is 6.56. The zero-order valence-corrected chi connectivity index (χ0v) is 12.7. The largest absolute Gasteiger partial charge is 0.304 e. The van der Waals surface area contributed by atoms with E-state index in [1.165, 1.54) is 11.8 Å². The molecule has 0 atom stereocenters. The average molecular weight is 308 g/mol. The van der Waals surface area contributed by atoms with E-state index >= 15 is 0 Å². The van der Waals surface area contributed by atoms with Gasteiger partial charge in [-0.1, -0.05) is 30.0 Å². The van der Waals surface area contributed by atoms with Crippen LogP contribution < -0.4 is 0 Å². The lowest BCUT2D eigenvalue weighted by Gasteiger charge is -2.04. The average Bonchev–Trinajstić information content (AvgIpc) is 2.95. The molecule has 0 aliphatic rings. The first-order chi connectivity index (χ1) is 10.8. The van der Waals surface area contributed by atoms with E-state index in [1.807, 2.05) is 35.9 Å². The summed E-state index contributed by atoms with van der Waals surface area (Å²) in [5, 5.41) is 18.2. The van der Waals surface area contributed by atoms with Gasteiger partial charge in [-0.25, -0.2) is 4.98 Å². The van der Waals surface area contributed by atoms with Crippen LogP contribution in [0.2, 0.25) is 0 Å². The topological polar surface area (TPSA) is 80.3 Å². The predicted molar refractivity (Wildman–Crippen MR) is 82.7 cm³/mol. The second-order valence-corrected chi connectivity index (χ2v) is 5.46. The van der Waals surface area contributed by atoms with E-state index in [0.717, 1.165) is 10.7 Å². The molecule has 0 N–H and O–H groups in total. The first-order valence-corrected chi connectivity index (χ1v) is 7.54. The van der Waals surface area contributed by atoms with Gasteiger partial charge >= 0.3 is 0 Å². The van der Waals surface area contributed by atoms with Crippen LogP contribution in [0.4, 0.5) is 0 Å². The Balaban J connectivity index is 1.80. The van der Waals surface area contributed by atoms with Gasteiger partial charge in [0, 0.05) is 25.2 Å². The van der Waals surface area contributed by atoms with Crippen molar-refractivity contribution in [3.63, 3.8) is 0 Å². The maximum absolute atomic E-state index is 9.12. The van der Waals surface area contributed by atoms with Gasteiger partial charge in [-0.2, -0.15) is 5.26 Å². The van der Waals surface area contributed by atoms with E-state index in [2.05, 4.69) is 26.2 Å². The Labute approximate surface area is 131 Å². The second kappa shape index (κ2) is 6.37. The number of nitrogens with zero attached hydrogens (tertiary/aromatic N) is 6. The fourth-order valence-corrected chi connectivity index (χ4v) is 2.89. The number of aromatic nitrogens is 5. The fourth-order valence-electron chi connectivity index (χ4n) is 1.98. The summed E-state index contributed by atoms with van der Waals surface area (Å²) in [6.07, 6.45) is 4.90. The minimum atomic E-state index is 0.663. The van der Waals surface area contributed by atoms with Gasteiger partial charge in [-0.05, 0) is 11.6 Å². The van der Waals surface area contributed by atoms with E-state index in [4.69, 9.17) is 5.26 Å². The zero-order chi connectivity index (χ0) is 15.4. The van der Waals surface area contributed by atoms with Crippen LogP contribution in [0.15, 0.2) is 48.0 Å². The number of hydrogen-bond donors (Lipinski definition) is 0. The van der Waals surface area contributed by atoms with Crippen molar-refractivity contribution in [1.29, 1.82) is 5.26 Å². The number of hydrogen-bond acceptors (Lipinski definition) is 6. The summed E-state index contributed by atoms with van der Waals surface area (Å²) >= 11 is 1.54. The highest BCUT2D eigenvalue weighted by Crippen LogP contribution is 2.25. The molecule has 0 aliphatic heterocycles. The Morgan fingerprint density at radius 1 is 1.23 bits per heavy atom. The lowest BCUT2D eigenvalue weighted by Crippen LogP contribution is -1.97. The van der Waals surface area contributed by atoms with Crippen LogP contribution in [0.1, 0.15) is 11.1 Å². The first kappa shape index (κ1) is 14.2. The van der Waals surface area contributed by atoms with Crippen molar-refractivity contribution in [3.8, 4) is 17.6 Å². The molecule has 3 rings (SSSR count). The van der Waals surface area contributed by atoms with Crippen molar-refractivity contribution in [3.05, 3.63) is 54.0 Å². The minimum Gasteiger partial charge on any atom is -0.304 e. The van der Waals surface area contributed by atoms with Gasteiger partial charge in [0.25, 0.3) is 0 Å². The summed E-state index contributed by atoms with van der Waals surface area (Å²) in [6, 6.07) is 9.76. The lowest BCUT2D eigenvalue weighted by atomic mass is 10.1. The fraction of sp³-hybridized carbons (Fsp3) is 0.133. The van der Waals surface area contributed by atoms with Crippen molar-refractivity contribution < 1.29 is 0 Å². The summed E-state index contributed by atoms with van der Waals surface area (Å²) in [7, 11) is 1.89. The summed E-state index contributed by atoms with van der Waals surface area (Å²) in [6.45, 7) is 0. The molecule has 0 saturated carbocycles. The van der Waals surface area contributed by atoms with Crippen LogP contribution in [-0.4, -0.2) is 24.7 Å². The van der Waals surface area contributed by atoms with Crippen molar-refractivity contribution in [2.24, 2.45) is 7.05 Å². The Kier molecular flexibility index (Phi) is 4.12. The Morgan fingerprint density at radius 2 is 2.09 bits per heavy atom. The monoisotopic (exact) mass is 308 g/mol. The second-order valence-electron chi connectivity index (χ2n) is 4.51. The Morgan fingerprint density at radius 3 is 2.86 bits per heavy atom. The van der Waals surface area contributed by atoms with Crippen LogP contribution >= 0.6 is 11.8 Å². The van der Waals surface area contributed by atoms with Gasteiger partial charge in [0.05, 0.1) is 17.8 Å². The molecular weight excluding hydrogens is 296 g/mol. The quantitative estimate of drug-likeness (QED) is 0.689. The maximum Gasteiger partial charge on any atom is 0.191 e. The number of thioether (sulfide) groups is 1. The summed E-state index contributed by atoms with van der Waals surface area (Å²) in [5.41, 5.74) is 2.35. The highest BCUT2D eigenvalue weighted by molar-refractivity contribution is 7.98. The smallest absolute Gasteiger partial charge is 0.191 e. The summed E-state index contributed by atoms with van der Waals surface area (Å²) in [4.78, 5) is 8.27. The molecule has 2 heterocycles. The highest BCUT2D eigenvalue weighted by Gasteiger charge is 2.13. The minimum absolute atomic E-state index is 0.663. The third kappa shape index (κ3) is 2.82. The van der Waals surface area contributed by atoms with Crippen molar-refractivity contribution >= 4 is 11.8 Å². The standard InChI is InChI=1S/C15H12N6S/c1-21-14(13-9-17-6-7-18-13)19-20-15(21)22-10-12-5-3-2-4-11(12)8-16/h2-7,9H,10H2,1H3. The third-order valence-corrected chi connectivity index (χ3v) is 4.19. The van der Waals surface area contributed by atoms with Gasteiger partial charge in [0.2, 0.25) is 0 Å². The molecule has 3 aromatic rings. The van der Waals surface area contributed by atoms with E-state index in [-0.39, 0.29) is 0 Å². The molecular formula is C15H12N6S. The van der Waals surface area contributed by atoms with Crippen LogP contribution in [0.3, 0.4) is 0 Å². The molecule has 0 spiro atoms. The molecule has 0 aliphatic carbocycles. The SMILES string of the molecule is Cn1c(SCc2ccccc2C#N)nnc1-c1cnccn1. The molecule has 108 valence electrons. The van der Waals surface area contributed by atoms with Gasteiger partial charge in [-0.15, -0.1) is 10.2 Å². The van der Waals surface area contributed by atoms with Crippen LogP contribution in [0, 0.1) is 11.3 Å². The Bertz CT molecular complexity index is 822. The third-order valence-electron chi connectivity index (χ3n) is 3.12. The molecule has 0 bridgehead atoms. The molecule has 7 heteroatoms. The molecule has 0 saturated heterocycles. The maximum atomic E-state index is 9.12. The Hall–Kier alpha value is -2.72. The van der Waals surface area contributed by atoms with Gasteiger partial charge in [0.15, 0.2) is 11.0 Å². The van der Waals surface area contributed by atoms with E-state index in [1.54, 1.807) is 18.6 Å². The number of benzene rings is 1. The van der Waals surface area contributed by atoms with Crippen LogP contribution in [0.5, 0.6) is 0 Å². The van der Waals surface area contributed by atoms with E-state index in [9.17, 15) is 0 Å². The summed E-state index contributed by atoms with van der Waals surface area (Å²) < 4.78 is 1.88. The molecule has 0 amide bonds. The van der Waals surface area contributed by atoms with Gasteiger partial charge in [0.1, 0.15) is 5.69 Å². The van der Waals surface area contributed by atoms with Crippen LogP contribution in [0.25, 0.3) is 11.5 Å². The molecule has 2 aromatic heterocycles. The van der Waals surface area contributed by atoms with Gasteiger partial charge < -0.3 is 4.57 Å². The number of rotatable bonds is 4. The number of nitriles is 1. The molecule has 22 heavy (non-hydrogen) atoms. The molecule has 0 unspecified atom stereocenters. The summed E-state index contributed by atoms with van der Waals surface area (Å²) in [5.74, 6) is 1.33. The normalized spacial score (nSPS) is 10.4. The molecule has 1 aromatic carbocycles. The molecule has 6 nitrogen and oxygen atoms in total. The molecule has 0 fully saturated rings. The predicted octanol–water partition coefficient (Wildman–Crippen LogP) is 2.44. The zero-order valence-electron chi connectivity index (χ0n) is 11.8. The van der Waals surface area contributed by atoms with Crippen LogP contribution in [-0.2, 0) is 12.8 Å². The highest BCUT2D eigenvalue weighted by atomic mass is 32.2. The van der Waals surface area contributed by atoms with Gasteiger partial charge in [-0.3, -0.25) is 4.98 Å².